The quantitative estimate of drug-likeness (QED) is 0.0999. The van der Waals surface area contributed by atoms with Crippen molar-refractivity contribution in [1.29, 1.82) is 0 Å². The molecule has 0 bridgehead atoms. The van der Waals surface area contributed by atoms with Crippen LogP contribution in [0.3, 0.4) is 0 Å². The highest BCUT2D eigenvalue weighted by Gasteiger charge is 2.15. The fourth-order valence-electron chi connectivity index (χ4n) is 9.01. The molecule has 0 saturated heterocycles. The van der Waals surface area contributed by atoms with Crippen LogP contribution in [0.1, 0.15) is 33.4 Å². The molecule has 0 saturated carbocycles. The molecule has 11 aromatic carbocycles. The van der Waals surface area contributed by atoms with E-state index in [9.17, 15) is 0 Å². The Morgan fingerprint density at radius 1 is 0.227 bits per heavy atom. The van der Waals surface area contributed by atoms with Gasteiger partial charge in [0.2, 0.25) is 0 Å². The number of anilines is 6. The highest BCUT2D eigenvalue weighted by atomic mass is 15.1. The minimum atomic E-state index is 1.11. The largest absolute Gasteiger partial charge is 0.310 e. The Bertz CT molecular complexity index is 3310. The van der Waals surface area contributed by atoms with Crippen LogP contribution in [-0.4, -0.2) is 0 Å². The first kappa shape index (κ1) is 40.3. The molecule has 11 rings (SSSR count). The number of rotatable bonds is 10. The van der Waals surface area contributed by atoms with Gasteiger partial charge in [-0.1, -0.05) is 157 Å². The highest BCUT2D eigenvalue weighted by Crippen LogP contribution is 2.40. The van der Waals surface area contributed by atoms with Crippen LogP contribution in [0.15, 0.2) is 231 Å². The van der Waals surface area contributed by atoms with Crippen molar-refractivity contribution in [2.75, 3.05) is 9.80 Å². The van der Waals surface area contributed by atoms with Gasteiger partial charge in [0.15, 0.2) is 0 Å². The van der Waals surface area contributed by atoms with Gasteiger partial charge in [0.25, 0.3) is 0 Å². The summed E-state index contributed by atoms with van der Waals surface area (Å²) in [6.07, 6.45) is 8.71. The first-order valence-corrected chi connectivity index (χ1v) is 22.7. The van der Waals surface area contributed by atoms with Gasteiger partial charge in [0, 0.05) is 34.1 Å². The fraction of sp³-hybridized carbons (Fsp3) is 0.0312. The zero-order valence-electron chi connectivity index (χ0n) is 37.1. The number of fused-ring (bicyclic) bond motifs is 4. The molecular weight excluding hydrogens is 797 g/mol. The molecule has 11 aromatic rings. The molecule has 0 heterocycles. The van der Waals surface area contributed by atoms with Crippen LogP contribution in [0.2, 0.25) is 0 Å². The van der Waals surface area contributed by atoms with Crippen LogP contribution in [0.4, 0.5) is 34.1 Å². The molecule has 0 spiro atoms. The molecule has 314 valence electrons. The van der Waals surface area contributed by atoms with Gasteiger partial charge in [-0.05, 0) is 188 Å². The van der Waals surface area contributed by atoms with Crippen LogP contribution in [0.25, 0.3) is 67.4 Å². The van der Waals surface area contributed by atoms with Crippen molar-refractivity contribution in [3.8, 4) is 0 Å². The van der Waals surface area contributed by atoms with E-state index in [1.807, 2.05) is 0 Å². The molecule has 0 aliphatic carbocycles. The molecule has 0 aliphatic heterocycles. The van der Waals surface area contributed by atoms with Gasteiger partial charge in [0.05, 0.1) is 0 Å². The Kier molecular flexibility index (Phi) is 10.8. The molecule has 0 radical (unpaired) electrons. The average molecular weight is 845 g/mol. The Hall–Kier alpha value is -8.46. The minimum absolute atomic E-state index is 1.11. The fourth-order valence-corrected chi connectivity index (χ4v) is 9.01. The molecule has 2 nitrogen and oxygen atoms in total. The van der Waals surface area contributed by atoms with E-state index in [1.54, 1.807) is 0 Å². The molecule has 0 atom stereocenters. The topological polar surface area (TPSA) is 6.48 Å². The number of para-hydroxylation sites is 2. The van der Waals surface area contributed by atoms with E-state index < -0.39 is 0 Å². The van der Waals surface area contributed by atoms with E-state index in [4.69, 9.17) is 0 Å². The molecule has 0 fully saturated rings. The second kappa shape index (κ2) is 17.6. The van der Waals surface area contributed by atoms with Gasteiger partial charge in [-0.15, -0.1) is 0 Å². The standard InChI is InChI=1S/C64H48N2/c1-45-13-17-47(18-14-45)21-23-49-25-31-61(32-26-49)65(59-9-5-3-6-10-59)63-35-29-51-37-53-40-56-42-58-44-64(36-30-52(58)38-54(56)39-55(53)41-57(51)43-63)66(60-11-7-4-8-12-60)62-33-27-50(28-34-62)24-22-48-19-15-46(2)16-20-48/h3-44H,1-2H3/b23-21+,24-22+. The van der Waals surface area contributed by atoms with Gasteiger partial charge in [0.1, 0.15) is 0 Å². The van der Waals surface area contributed by atoms with Crippen molar-refractivity contribution in [3.63, 3.8) is 0 Å². The molecule has 0 aromatic heterocycles. The highest BCUT2D eigenvalue weighted by molar-refractivity contribution is 6.09. The van der Waals surface area contributed by atoms with Gasteiger partial charge in [-0.25, -0.2) is 0 Å². The van der Waals surface area contributed by atoms with E-state index in [0.29, 0.717) is 0 Å². The lowest BCUT2D eigenvalue weighted by atomic mass is 9.97. The van der Waals surface area contributed by atoms with Crippen molar-refractivity contribution >= 4 is 102 Å². The zero-order chi connectivity index (χ0) is 44.4. The second-order valence-corrected chi connectivity index (χ2v) is 17.3. The summed E-state index contributed by atoms with van der Waals surface area (Å²) < 4.78 is 0. The van der Waals surface area contributed by atoms with Crippen LogP contribution in [0, 0.1) is 13.8 Å². The third kappa shape index (κ3) is 8.48. The lowest BCUT2D eigenvalue weighted by Gasteiger charge is -2.26. The number of hydrogen-bond donors (Lipinski definition) is 0. The third-order valence-corrected chi connectivity index (χ3v) is 12.6. The summed E-state index contributed by atoms with van der Waals surface area (Å²) in [6, 6.07) is 84.0. The zero-order valence-corrected chi connectivity index (χ0v) is 37.1. The smallest absolute Gasteiger partial charge is 0.0468 e. The van der Waals surface area contributed by atoms with E-state index in [1.165, 1.54) is 65.3 Å². The van der Waals surface area contributed by atoms with Gasteiger partial charge in [-0.3, -0.25) is 0 Å². The summed E-state index contributed by atoms with van der Waals surface area (Å²) in [5.41, 5.74) is 14.0. The summed E-state index contributed by atoms with van der Waals surface area (Å²) in [5.74, 6) is 0. The molecule has 0 aliphatic rings. The van der Waals surface area contributed by atoms with E-state index in [0.717, 1.165) is 45.3 Å². The summed E-state index contributed by atoms with van der Waals surface area (Å²) in [7, 11) is 0. The van der Waals surface area contributed by atoms with Crippen molar-refractivity contribution in [3.05, 3.63) is 264 Å². The summed E-state index contributed by atoms with van der Waals surface area (Å²) in [5, 5.41) is 9.77. The van der Waals surface area contributed by atoms with Crippen LogP contribution in [0.5, 0.6) is 0 Å². The minimum Gasteiger partial charge on any atom is -0.310 e. The lowest BCUT2D eigenvalue weighted by Crippen LogP contribution is -2.09. The van der Waals surface area contributed by atoms with Gasteiger partial charge >= 0.3 is 0 Å². The second-order valence-electron chi connectivity index (χ2n) is 17.3. The van der Waals surface area contributed by atoms with E-state index >= 15 is 0 Å². The van der Waals surface area contributed by atoms with Gasteiger partial charge in [-0.2, -0.15) is 0 Å². The summed E-state index contributed by atoms with van der Waals surface area (Å²) in [6.45, 7) is 4.24. The van der Waals surface area contributed by atoms with Crippen LogP contribution in [-0.2, 0) is 0 Å². The average Bonchev–Trinajstić information content (AvgIpc) is 3.36. The summed E-state index contributed by atoms with van der Waals surface area (Å²) >= 11 is 0. The number of aryl methyl sites for hydroxylation is 2. The molecular formula is C64H48N2. The predicted octanol–water partition coefficient (Wildman–Crippen LogP) is 18.2. The van der Waals surface area contributed by atoms with Crippen LogP contribution >= 0.6 is 0 Å². The van der Waals surface area contributed by atoms with E-state index in [2.05, 4.69) is 278 Å². The Morgan fingerprint density at radius 3 is 0.818 bits per heavy atom. The summed E-state index contributed by atoms with van der Waals surface area (Å²) in [4.78, 5) is 4.69. The first-order chi connectivity index (χ1) is 32.5. The Labute approximate surface area is 387 Å². The normalized spacial score (nSPS) is 11.7. The maximum atomic E-state index is 2.35. The Morgan fingerprint density at radius 2 is 0.485 bits per heavy atom. The molecule has 0 N–H and O–H groups in total. The molecule has 2 heteroatoms. The van der Waals surface area contributed by atoms with Crippen molar-refractivity contribution in [2.24, 2.45) is 0 Å². The predicted molar refractivity (Wildman–Crippen MR) is 286 cm³/mol. The number of nitrogens with zero attached hydrogens (tertiary/aromatic N) is 2. The van der Waals surface area contributed by atoms with Crippen molar-refractivity contribution in [2.45, 2.75) is 13.8 Å². The Balaban J connectivity index is 0.909. The maximum absolute atomic E-state index is 2.35. The molecule has 0 amide bonds. The molecule has 66 heavy (non-hydrogen) atoms. The maximum Gasteiger partial charge on any atom is 0.0468 e. The van der Waals surface area contributed by atoms with E-state index in [-0.39, 0.29) is 0 Å². The third-order valence-electron chi connectivity index (χ3n) is 12.6. The first-order valence-electron chi connectivity index (χ1n) is 22.7. The van der Waals surface area contributed by atoms with Crippen LogP contribution < -0.4 is 9.80 Å². The monoisotopic (exact) mass is 844 g/mol. The number of hydrogen-bond acceptors (Lipinski definition) is 2. The number of benzene rings is 11. The lowest BCUT2D eigenvalue weighted by molar-refractivity contribution is 1.29. The molecule has 0 unspecified atom stereocenters. The van der Waals surface area contributed by atoms with Gasteiger partial charge < -0.3 is 9.80 Å². The van der Waals surface area contributed by atoms with Crippen molar-refractivity contribution < 1.29 is 0 Å². The van der Waals surface area contributed by atoms with Crippen molar-refractivity contribution in [1.82, 2.24) is 0 Å². The SMILES string of the molecule is Cc1ccc(/C=C/c2ccc(N(c3ccccc3)c3ccc4cc5cc6cc7cc(N(c8ccccc8)c8ccc(/C=C/c9ccc(C)cc9)cc8)ccc7cc6cc5cc4c3)cc2)cc1.